The number of halogens is 1. The van der Waals surface area contributed by atoms with Crippen LogP contribution in [0.4, 0.5) is 4.39 Å². The number of ether oxygens (including phenoxy) is 1. The number of aliphatic imine (C=N–C) groups is 1. The molecule has 0 spiro atoms. The van der Waals surface area contributed by atoms with Gasteiger partial charge in [0.05, 0.1) is 12.1 Å². The van der Waals surface area contributed by atoms with Crippen molar-refractivity contribution in [2.75, 3.05) is 40.8 Å². The van der Waals surface area contributed by atoms with E-state index in [-0.39, 0.29) is 23.4 Å². The fourth-order valence-electron chi connectivity index (χ4n) is 3.96. The van der Waals surface area contributed by atoms with Crippen molar-refractivity contribution in [1.29, 1.82) is 0 Å². The van der Waals surface area contributed by atoms with E-state index in [1.807, 2.05) is 20.2 Å². The van der Waals surface area contributed by atoms with Gasteiger partial charge in [-0.05, 0) is 50.0 Å². The molecule has 6 heteroatoms. The number of nitrogens with one attached hydrogen (secondary N) is 2. The predicted molar refractivity (Wildman–Crippen MR) is 114 cm³/mol. The van der Waals surface area contributed by atoms with E-state index in [1.165, 1.54) is 6.07 Å². The van der Waals surface area contributed by atoms with E-state index >= 15 is 0 Å². The van der Waals surface area contributed by atoms with Gasteiger partial charge in [-0.1, -0.05) is 32.9 Å². The molecule has 1 aliphatic heterocycles. The maximum Gasteiger partial charge on any atom is 0.191 e. The van der Waals surface area contributed by atoms with Crippen molar-refractivity contribution in [2.24, 2.45) is 16.3 Å². The molecule has 0 bridgehead atoms. The summed E-state index contributed by atoms with van der Waals surface area (Å²) in [7, 11) is 5.78. The summed E-state index contributed by atoms with van der Waals surface area (Å²) < 4.78 is 19.7. The Bertz CT molecular complexity index is 642. The quantitative estimate of drug-likeness (QED) is 0.575. The molecular weight excluding hydrogens is 355 g/mol. The minimum Gasteiger partial charge on any atom is -0.377 e. The Kier molecular flexibility index (Phi) is 8.25. The molecule has 2 N–H and O–H groups in total. The van der Waals surface area contributed by atoms with Crippen LogP contribution in [-0.2, 0) is 4.74 Å². The molecule has 3 unspecified atom stereocenters. The first kappa shape index (κ1) is 22.6. The fourth-order valence-corrected chi connectivity index (χ4v) is 3.96. The van der Waals surface area contributed by atoms with Gasteiger partial charge in [0.25, 0.3) is 0 Å². The topological polar surface area (TPSA) is 48.9 Å². The lowest BCUT2D eigenvalue weighted by atomic mass is 9.78. The third kappa shape index (κ3) is 6.45. The highest BCUT2D eigenvalue weighted by Crippen LogP contribution is 2.33. The second-order valence-electron chi connectivity index (χ2n) is 8.93. The summed E-state index contributed by atoms with van der Waals surface area (Å²) in [6.07, 6.45) is 2.51. The number of guanidine groups is 1. The van der Waals surface area contributed by atoms with Gasteiger partial charge in [-0.15, -0.1) is 0 Å². The largest absolute Gasteiger partial charge is 0.377 e. The summed E-state index contributed by atoms with van der Waals surface area (Å²) in [6, 6.07) is 6.83. The lowest BCUT2D eigenvalue weighted by Gasteiger charge is -2.40. The molecule has 0 radical (unpaired) electrons. The van der Waals surface area contributed by atoms with Crippen LogP contribution in [0.1, 0.15) is 45.2 Å². The highest BCUT2D eigenvalue weighted by molar-refractivity contribution is 5.79. The van der Waals surface area contributed by atoms with Gasteiger partial charge in [-0.25, -0.2) is 4.39 Å². The zero-order chi connectivity index (χ0) is 20.7. The van der Waals surface area contributed by atoms with Crippen LogP contribution in [0.3, 0.4) is 0 Å². The van der Waals surface area contributed by atoms with Gasteiger partial charge >= 0.3 is 0 Å². The summed E-state index contributed by atoms with van der Waals surface area (Å²) >= 11 is 0. The molecule has 28 heavy (non-hydrogen) atoms. The van der Waals surface area contributed by atoms with E-state index in [4.69, 9.17) is 4.74 Å². The average molecular weight is 393 g/mol. The smallest absolute Gasteiger partial charge is 0.191 e. The summed E-state index contributed by atoms with van der Waals surface area (Å²) in [5, 5.41) is 6.86. The summed E-state index contributed by atoms with van der Waals surface area (Å²) in [5.41, 5.74) is 1.07. The molecule has 3 atom stereocenters. The van der Waals surface area contributed by atoms with Crippen LogP contribution < -0.4 is 10.6 Å². The van der Waals surface area contributed by atoms with E-state index in [0.29, 0.717) is 12.5 Å². The second-order valence-corrected chi connectivity index (χ2v) is 8.93. The van der Waals surface area contributed by atoms with Gasteiger partial charge in [0.2, 0.25) is 0 Å². The maximum absolute atomic E-state index is 13.6. The number of hydrogen-bond donors (Lipinski definition) is 2. The Labute approximate surface area is 169 Å². The molecule has 0 amide bonds. The molecule has 0 saturated carbocycles. The third-order valence-electron chi connectivity index (χ3n) is 5.37. The minimum atomic E-state index is -0.211. The van der Waals surface area contributed by atoms with E-state index in [2.05, 4.69) is 41.3 Å². The molecule has 1 saturated heterocycles. The maximum atomic E-state index is 13.6. The zero-order valence-corrected chi connectivity index (χ0v) is 18.3. The van der Waals surface area contributed by atoms with Crippen LogP contribution >= 0.6 is 0 Å². The van der Waals surface area contributed by atoms with Crippen LogP contribution in [-0.4, -0.2) is 57.8 Å². The van der Waals surface area contributed by atoms with Crippen molar-refractivity contribution in [1.82, 2.24) is 15.5 Å². The third-order valence-corrected chi connectivity index (χ3v) is 5.37. The molecule has 0 aliphatic carbocycles. The highest BCUT2D eigenvalue weighted by Gasteiger charge is 2.35. The Morgan fingerprint density at radius 1 is 1.32 bits per heavy atom. The summed E-state index contributed by atoms with van der Waals surface area (Å²) in [6.45, 7) is 9.04. The summed E-state index contributed by atoms with van der Waals surface area (Å²) in [4.78, 5) is 6.45. The second kappa shape index (κ2) is 10.2. The fraction of sp³-hybridized carbons (Fsp3) is 0.682. The van der Waals surface area contributed by atoms with Gasteiger partial charge in [0.15, 0.2) is 5.96 Å². The van der Waals surface area contributed by atoms with Gasteiger partial charge in [0.1, 0.15) is 5.82 Å². The molecule has 5 nitrogen and oxygen atoms in total. The Morgan fingerprint density at radius 2 is 2.07 bits per heavy atom. The van der Waals surface area contributed by atoms with Crippen molar-refractivity contribution in [2.45, 2.75) is 45.8 Å². The van der Waals surface area contributed by atoms with Gasteiger partial charge in [-0.2, -0.15) is 0 Å². The normalized spacial score (nSPS) is 22.2. The summed E-state index contributed by atoms with van der Waals surface area (Å²) in [5.74, 6) is 1.01. The Balaban J connectivity index is 1.94. The van der Waals surface area contributed by atoms with Gasteiger partial charge in [-0.3, -0.25) is 4.99 Å². The van der Waals surface area contributed by atoms with Crippen molar-refractivity contribution in [3.05, 3.63) is 35.6 Å². The van der Waals surface area contributed by atoms with Crippen LogP contribution in [0.2, 0.25) is 0 Å². The lowest BCUT2D eigenvalue weighted by Crippen LogP contribution is -2.48. The molecule has 158 valence electrons. The SMILES string of the molecule is CN=C(NCC1CCCOC1C(C)(C)C)NCC(c1cccc(F)c1)N(C)C. The van der Waals surface area contributed by atoms with Crippen LogP contribution in [0.15, 0.2) is 29.3 Å². The van der Waals surface area contributed by atoms with Crippen LogP contribution in [0, 0.1) is 17.2 Å². The molecule has 2 rings (SSSR count). The molecular formula is C22H37FN4O. The molecule has 0 aromatic heterocycles. The standard InChI is InChI=1S/C22H37FN4O/c1-22(2,3)20-17(10-8-12-28-20)14-25-21(24-4)26-15-19(27(5)6)16-9-7-11-18(23)13-16/h7,9,11,13,17,19-20H,8,10,12,14-15H2,1-6H3,(H2,24,25,26). The lowest BCUT2D eigenvalue weighted by molar-refractivity contribution is -0.0835. The molecule has 1 fully saturated rings. The molecule has 1 aliphatic rings. The van der Waals surface area contributed by atoms with E-state index < -0.39 is 0 Å². The minimum absolute atomic E-state index is 0.0505. The Morgan fingerprint density at radius 3 is 2.68 bits per heavy atom. The number of nitrogens with zero attached hydrogens (tertiary/aromatic N) is 2. The van der Waals surface area contributed by atoms with E-state index in [1.54, 1.807) is 19.2 Å². The molecule has 1 aromatic rings. The monoisotopic (exact) mass is 392 g/mol. The first-order chi connectivity index (χ1) is 13.2. The first-order valence-electron chi connectivity index (χ1n) is 10.2. The van der Waals surface area contributed by atoms with Gasteiger partial charge < -0.3 is 20.3 Å². The van der Waals surface area contributed by atoms with Crippen LogP contribution in [0.5, 0.6) is 0 Å². The van der Waals surface area contributed by atoms with Crippen molar-refractivity contribution in [3.63, 3.8) is 0 Å². The van der Waals surface area contributed by atoms with Crippen molar-refractivity contribution in [3.8, 4) is 0 Å². The number of likely N-dealkylation sites (N-methyl/N-ethyl adjacent to an activating group) is 1. The van der Waals surface area contributed by atoms with E-state index in [0.717, 1.165) is 37.5 Å². The number of benzene rings is 1. The zero-order valence-electron chi connectivity index (χ0n) is 18.3. The van der Waals surface area contributed by atoms with Crippen LogP contribution in [0.25, 0.3) is 0 Å². The predicted octanol–water partition coefficient (Wildman–Crippen LogP) is 3.43. The first-order valence-corrected chi connectivity index (χ1v) is 10.2. The van der Waals surface area contributed by atoms with Crippen molar-refractivity contribution < 1.29 is 9.13 Å². The Hall–Kier alpha value is -1.66. The number of hydrogen-bond acceptors (Lipinski definition) is 3. The average Bonchev–Trinajstić information content (AvgIpc) is 2.63. The van der Waals surface area contributed by atoms with Crippen molar-refractivity contribution >= 4 is 5.96 Å². The highest BCUT2D eigenvalue weighted by atomic mass is 19.1. The van der Waals surface area contributed by atoms with E-state index in [9.17, 15) is 4.39 Å². The molecule has 1 aromatic carbocycles. The van der Waals surface area contributed by atoms with Gasteiger partial charge in [0, 0.05) is 32.7 Å². The molecule has 1 heterocycles. The number of rotatable bonds is 6.